The summed E-state index contributed by atoms with van der Waals surface area (Å²) in [5.41, 5.74) is 1.57. The van der Waals surface area contributed by atoms with Crippen LogP contribution in [0.5, 0.6) is 11.5 Å². The molecule has 0 unspecified atom stereocenters. The molecule has 8 heteroatoms. The number of ether oxygens (including phenoxy) is 3. The molecule has 1 aliphatic heterocycles. The van der Waals surface area contributed by atoms with Crippen molar-refractivity contribution in [1.82, 2.24) is 10.3 Å². The molecular weight excluding hydrogens is 338 g/mol. The number of amides is 2. The molecule has 0 radical (unpaired) electrons. The van der Waals surface area contributed by atoms with Crippen LogP contribution in [0, 0.1) is 0 Å². The first-order valence-electron chi connectivity index (χ1n) is 8.22. The van der Waals surface area contributed by atoms with Crippen LogP contribution in [0.1, 0.15) is 23.0 Å². The molecule has 0 spiro atoms. The first kappa shape index (κ1) is 17.5. The summed E-state index contributed by atoms with van der Waals surface area (Å²) in [6, 6.07) is 8.43. The Morgan fingerprint density at radius 1 is 1.15 bits per heavy atom. The van der Waals surface area contributed by atoms with Crippen molar-refractivity contribution in [2.75, 3.05) is 25.1 Å². The monoisotopic (exact) mass is 357 g/mol. The van der Waals surface area contributed by atoms with Gasteiger partial charge in [-0.25, -0.2) is 4.79 Å². The summed E-state index contributed by atoms with van der Waals surface area (Å²) in [4.78, 5) is 27.9. The van der Waals surface area contributed by atoms with Crippen LogP contribution >= 0.6 is 0 Å². The number of carbonyl (C=O) groups excluding carboxylic acids is 2. The lowest BCUT2D eigenvalue weighted by atomic mass is 10.2. The fraction of sp³-hybridized carbons (Fsp3) is 0.278. The number of fused-ring (bicyclic) bond motifs is 1. The zero-order chi connectivity index (χ0) is 18.4. The number of rotatable bonds is 5. The van der Waals surface area contributed by atoms with Gasteiger partial charge in [-0.1, -0.05) is 0 Å². The number of carbonyl (C=O) groups is 2. The van der Waals surface area contributed by atoms with Gasteiger partial charge in [0.2, 0.25) is 0 Å². The molecule has 26 heavy (non-hydrogen) atoms. The lowest BCUT2D eigenvalue weighted by molar-refractivity contribution is 0.102. The van der Waals surface area contributed by atoms with E-state index in [0.717, 1.165) is 0 Å². The summed E-state index contributed by atoms with van der Waals surface area (Å²) >= 11 is 0. The third kappa shape index (κ3) is 4.41. The van der Waals surface area contributed by atoms with Crippen LogP contribution in [-0.4, -0.2) is 36.8 Å². The van der Waals surface area contributed by atoms with Gasteiger partial charge in [0, 0.05) is 23.5 Å². The Morgan fingerprint density at radius 3 is 2.77 bits per heavy atom. The van der Waals surface area contributed by atoms with Crippen molar-refractivity contribution in [1.29, 1.82) is 0 Å². The highest BCUT2D eigenvalue weighted by Gasteiger charge is 2.14. The fourth-order valence-corrected chi connectivity index (χ4v) is 2.39. The van der Waals surface area contributed by atoms with Gasteiger partial charge >= 0.3 is 6.09 Å². The summed E-state index contributed by atoms with van der Waals surface area (Å²) in [7, 11) is 0. The van der Waals surface area contributed by atoms with Gasteiger partial charge < -0.3 is 24.8 Å². The topological polar surface area (TPSA) is 98.8 Å². The molecule has 1 aliphatic rings. The largest absolute Gasteiger partial charge is 0.486 e. The molecule has 8 nitrogen and oxygen atoms in total. The standard InChI is InChI=1S/C18H19N3O5/c1-2-24-18(23)20-11-14-9-12(5-6-19-14)17(22)21-13-3-4-15-16(10-13)26-8-7-25-15/h3-6,9-10H,2,7-8,11H2,1H3,(H,20,23)(H,21,22). The average Bonchev–Trinajstić information content (AvgIpc) is 2.67. The molecule has 2 amide bonds. The number of hydrogen-bond acceptors (Lipinski definition) is 6. The predicted molar refractivity (Wildman–Crippen MR) is 93.5 cm³/mol. The smallest absolute Gasteiger partial charge is 0.407 e. The molecule has 2 heterocycles. The molecule has 0 atom stereocenters. The lowest BCUT2D eigenvalue weighted by Gasteiger charge is -2.19. The number of hydrogen-bond donors (Lipinski definition) is 2. The first-order chi connectivity index (χ1) is 12.7. The van der Waals surface area contributed by atoms with Gasteiger partial charge in [-0.15, -0.1) is 0 Å². The molecule has 3 rings (SSSR count). The number of anilines is 1. The molecule has 1 aromatic carbocycles. The molecular formula is C18H19N3O5. The Morgan fingerprint density at radius 2 is 1.96 bits per heavy atom. The summed E-state index contributed by atoms with van der Waals surface area (Å²) in [6.07, 6.45) is 0.987. The molecule has 1 aromatic heterocycles. The van der Waals surface area contributed by atoms with Crippen LogP contribution in [0.3, 0.4) is 0 Å². The number of pyridine rings is 1. The zero-order valence-electron chi connectivity index (χ0n) is 14.3. The SMILES string of the molecule is CCOC(=O)NCc1cc(C(=O)Nc2ccc3c(c2)OCCO3)ccn1. The number of nitrogens with zero attached hydrogens (tertiary/aromatic N) is 1. The Bertz CT molecular complexity index is 809. The van der Waals surface area contributed by atoms with E-state index in [4.69, 9.17) is 14.2 Å². The maximum atomic E-state index is 12.5. The zero-order valence-corrected chi connectivity index (χ0v) is 14.3. The highest BCUT2D eigenvalue weighted by atomic mass is 16.6. The van der Waals surface area contributed by atoms with Crippen molar-refractivity contribution >= 4 is 17.7 Å². The molecule has 0 saturated carbocycles. The first-order valence-corrected chi connectivity index (χ1v) is 8.22. The van der Waals surface area contributed by atoms with Crippen molar-refractivity contribution in [3.63, 3.8) is 0 Å². The van der Waals surface area contributed by atoms with E-state index in [1.165, 1.54) is 6.20 Å². The molecule has 0 saturated heterocycles. The summed E-state index contributed by atoms with van der Waals surface area (Å²) in [6.45, 7) is 3.17. The van der Waals surface area contributed by atoms with Crippen LogP contribution < -0.4 is 20.1 Å². The van der Waals surface area contributed by atoms with Crippen molar-refractivity contribution in [3.05, 3.63) is 47.8 Å². The van der Waals surface area contributed by atoms with E-state index < -0.39 is 6.09 Å². The van der Waals surface area contributed by atoms with E-state index in [2.05, 4.69) is 15.6 Å². The maximum Gasteiger partial charge on any atom is 0.407 e. The molecule has 0 aliphatic carbocycles. The maximum absolute atomic E-state index is 12.5. The van der Waals surface area contributed by atoms with Crippen molar-refractivity contribution in [2.24, 2.45) is 0 Å². The second-order valence-electron chi connectivity index (χ2n) is 5.42. The van der Waals surface area contributed by atoms with Gasteiger partial charge in [0.15, 0.2) is 11.5 Å². The molecule has 0 fully saturated rings. The highest BCUT2D eigenvalue weighted by Crippen LogP contribution is 2.32. The average molecular weight is 357 g/mol. The minimum absolute atomic E-state index is 0.171. The lowest BCUT2D eigenvalue weighted by Crippen LogP contribution is -2.24. The highest BCUT2D eigenvalue weighted by molar-refractivity contribution is 6.04. The van der Waals surface area contributed by atoms with Crippen LogP contribution in [0.4, 0.5) is 10.5 Å². The Kier molecular flexibility index (Phi) is 5.52. The second-order valence-corrected chi connectivity index (χ2v) is 5.42. The summed E-state index contributed by atoms with van der Waals surface area (Å²) in [5, 5.41) is 5.37. The fourth-order valence-electron chi connectivity index (χ4n) is 2.39. The number of nitrogens with one attached hydrogen (secondary N) is 2. The van der Waals surface area contributed by atoms with Gasteiger partial charge in [0.25, 0.3) is 5.91 Å². The van der Waals surface area contributed by atoms with Crippen molar-refractivity contribution < 1.29 is 23.8 Å². The van der Waals surface area contributed by atoms with Crippen molar-refractivity contribution in [2.45, 2.75) is 13.5 Å². The molecule has 0 bridgehead atoms. The van der Waals surface area contributed by atoms with Gasteiger partial charge in [-0.05, 0) is 31.2 Å². The molecule has 2 aromatic rings. The predicted octanol–water partition coefficient (Wildman–Crippen LogP) is 2.35. The van der Waals surface area contributed by atoms with E-state index in [0.29, 0.717) is 41.7 Å². The molecule has 136 valence electrons. The summed E-state index contributed by atoms with van der Waals surface area (Å²) < 4.78 is 15.7. The van der Waals surface area contributed by atoms with E-state index >= 15 is 0 Å². The van der Waals surface area contributed by atoms with E-state index in [-0.39, 0.29) is 19.1 Å². The Balaban J connectivity index is 1.64. The van der Waals surface area contributed by atoms with Crippen LogP contribution in [-0.2, 0) is 11.3 Å². The normalized spacial score (nSPS) is 12.2. The van der Waals surface area contributed by atoms with Gasteiger partial charge in [0.05, 0.1) is 18.8 Å². The minimum atomic E-state index is -0.527. The Hall–Kier alpha value is -3.29. The minimum Gasteiger partial charge on any atom is -0.486 e. The number of benzene rings is 1. The van der Waals surface area contributed by atoms with E-state index in [9.17, 15) is 9.59 Å². The van der Waals surface area contributed by atoms with Gasteiger partial charge in [-0.3, -0.25) is 9.78 Å². The van der Waals surface area contributed by atoms with Crippen LogP contribution in [0.15, 0.2) is 36.5 Å². The third-order valence-electron chi connectivity index (χ3n) is 3.57. The van der Waals surface area contributed by atoms with E-state index in [1.54, 1.807) is 37.3 Å². The number of aromatic nitrogens is 1. The molecule has 2 N–H and O–H groups in total. The second kappa shape index (κ2) is 8.19. The van der Waals surface area contributed by atoms with Crippen molar-refractivity contribution in [3.8, 4) is 11.5 Å². The van der Waals surface area contributed by atoms with Crippen LogP contribution in [0.25, 0.3) is 0 Å². The quantitative estimate of drug-likeness (QED) is 0.852. The van der Waals surface area contributed by atoms with Crippen LogP contribution in [0.2, 0.25) is 0 Å². The Labute approximate surface area is 150 Å². The number of alkyl carbamates (subject to hydrolysis) is 1. The third-order valence-corrected chi connectivity index (χ3v) is 3.57. The van der Waals surface area contributed by atoms with E-state index in [1.807, 2.05) is 0 Å². The summed E-state index contributed by atoms with van der Waals surface area (Å²) in [5.74, 6) is 0.968. The van der Waals surface area contributed by atoms with Gasteiger partial charge in [0.1, 0.15) is 13.2 Å². The van der Waals surface area contributed by atoms with Gasteiger partial charge in [-0.2, -0.15) is 0 Å².